The lowest BCUT2D eigenvalue weighted by Crippen LogP contribution is -2.28. The van der Waals surface area contributed by atoms with Gasteiger partial charge in [-0.3, -0.25) is 4.79 Å². The molecule has 0 aliphatic heterocycles. The van der Waals surface area contributed by atoms with Crippen molar-refractivity contribution in [1.82, 2.24) is 10.2 Å². The number of hydrogen-bond donors (Lipinski definition) is 3. The van der Waals surface area contributed by atoms with E-state index in [2.05, 4.69) is 20.9 Å². The van der Waals surface area contributed by atoms with Crippen LogP contribution in [0.5, 0.6) is 0 Å². The van der Waals surface area contributed by atoms with Crippen LogP contribution in [-0.2, 0) is 13.1 Å². The van der Waals surface area contributed by atoms with Gasteiger partial charge in [0, 0.05) is 30.0 Å². The minimum atomic E-state index is -0.373. The molecule has 0 fully saturated rings. The number of nitrogens with zero attached hydrogens (tertiary/aromatic N) is 2. The number of urea groups is 1. The number of carbonyl (C=O) groups excluding carboxylic acids is 2. The predicted octanol–water partition coefficient (Wildman–Crippen LogP) is 4.19. The van der Waals surface area contributed by atoms with E-state index >= 15 is 0 Å². The van der Waals surface area contributed by atoms with Gasteiger partial charge in [0.2, 0.25) is 0 Å². The Bertz CT molecular complexity index is 1130. The summed E-state index contributed by atoms with van der Waals surface area (Å²) in [5, 5.41) is 17.2. The SMILES string of the molecule is CN(C)Cc1cccc(NC(=O)c2cccc(CNC(=O)Nc3ccc(C#N)cc3)c2)c1. The number of amides is 3. The molecule has 3 aromatic rings. The molecule has 0 aliphatic carbocycles. The maximum Gasteiger partial charge on any atom is 0.319 e. The van der Waals surface area contributed by atoms with Crippen LogP contribution < -0.4 is 16.0 Å². The van der Waals surface area contributed by atoms with E-state index < -0.39 is 0 Å². The molecular formula is C25H25N5O2. The van der Waals surface area contributed by atoms with E-state index in [0.29, 0.717) is 16.8 Å². The van der Waals surface area contributed by atoms with Gasteiger partial charge < -0.3 is 20.9 Å². The average molecular weight is 428 g/mol. The molecule has 3 aromatic carbocycles. The van der Waals surface area contributed by atoms with Gasteiger partial charge in [-0.2, -0.15) is 5.26 Å². The van der Waals surface area contributed by atoms with Gasteiger partial charge >= 0.3 is 6.03 Å². The molecule has 0 bridgehead atoms. The molecule has 3 N–H and O–H groups in total. The fraction of sp³-hybridized carbons (Fsp3) is 0.160. The lowest BCUT2D eigenvalue weighted by Gasteiger charge is -2.12. The molecule has 32 heavy (non-hydrogen) atoms. The Morgan fingerprint density at radius 1 is 0.875 bits per heavy atom. The molecule has 0 aliphatic rings. The molecule has 7 heteroatoms. The Kier molecular flexibility index (Phi) is 7.57. The highest BCUT2D eigenvalue weighted by atomic mass is 16.2. The Morgan fingerprint density at radius 2 is 1.59 bits per heavy atom. The number of benzene rings is 3. The molecule has 0 aromatic heterocycles. The molecule has 0 unspecified atom stereocenters. The fourth-order valence-corrected chi connectivity index (χ4v) is 3.12. The molecule has 0 heterocycles. The van der Waals surface area contributed by atoms with Crippen molar-refractivity contribution in [2.24, 2.45) is 0 Å². The van der Waals surface area contributed by atoms with Crippen molar-refractivity contribution < 1.29 is 9.59 Å². The molecule has 3 rings (SSSR count). The van der Waals surface area contributed by atoms with Crippen molar-refractivity contribution in [2.75, 3.05) is 24.7 Å². The molecule has 0 saturated heterocycles. The van der Waals surface area contributed by atoms with Crippen LogP contribution in [0.2, 0.25) is 0 Å². The maximum atomic E-state index is 12.7. The Morgan fingerprint density at radius 3 is 2.31 bits per heavy atom. The second kappa shape index (κ2) is 10.8. The standard InChI is InChI=1S/C25H25N5O2/c1-30(2)17-20-6-4-8-23(14-20)28-24(31)21-7-3-5-19(13-21)16-27-25(32)29-22-11-9-18(15-26)10-12-22/h3-14H,16-17H2,1-2H3,(H,28,31)(H2,27,29,32). The zero-order valence-corrected chi connectivity index (χ0v) is 18.1. The molecular weight excluding hydrogens is 402 g/mol. The monoisotopic (exact) mass is 427 g/mol. The zero-order chi connectivity index (χ0) is 22.9. The summed E-state index contributed by atoms with van der Waals surface area (Å²) in [5.41, 5.74) is 4.27. The third-order valence-corrected chi connectivity index (χ3v) is 4.60. The first kappa shape index (κ1) is 22.5. The predicted molar refractivity (Wildman–Crippen MR) is 125 cm³/mol. The van der Waals surface area contributed by atoms with Crippen molar-refractivity contribution in [3.8, 4) is 6.07 Å². The van der Waals surface area contributed by atoms with E-state index in [1.165, 1.54) is 0 Å². The summed E-state index contributed by atoms with van der Waals surface area (Å²) >= 11 is 0. The average Bonchev–Trinajstić information content (AvgIpc) is 2.78. The molecule has 3 amide bonds. The van der Waals surface area contributed by atoms with Crippen LogP contribution in [0.1, 0.15) is 27.0 Å². The summed E-state index contributed by atoms with van der Waals surface area (Å²) < 4.78 is 0. The third-order valence-electron chi connectivity index (χ3n) is 4.60. The third kappa shape index (κ3) is 6.69. The Labute approximate surface area is 187 Å². The fourth-order valence-electron chi connectivity index (χ4n) is 3.12. The van der Waals surface area contributed by atoms with Gasteiger partial charge in [-0.05, 0) is 73.8 Å². The highest BCUT2D eigenvalue weighted by molar-refractivity contribution is 6.04. The molecule has 0 atom stereocenters. The van der Waals surface area contributed by atoms with E-state index in [1.54, 1.807) is 42.5 Å². The Balaban J connectivity index is 1.57. The minimum Gasteiger partial charge on any atom is -0.334 e. The lowest BCUT2D eigenvalue weighted by molar-refractivity contribution is 0.102. The summed E-state index contributed by atoms with van der Waals surface area (Å²) in [6.07, 6.45) is 0. The van der Waals surface area contributed by atoms with Crippen molar-refractivity contribution >= 4 is 23.3 Å². The van der Waals surface area contributed by atoms with Gasteiger partial charge in [-0.1, -0.05) is 24.3 Å². The molecule has 0 saturated carbocycles. The highest BCUT2D eigenvalue weighted by Gasteiger charge is 2.09. The van der Waals surface area contributed by atoms with Crippen molar-refractivity contribution in [2.45, 2.75) is 13.1 Å². The van der Waals surface area contributed by atoms with Gasteiger partial charge in [-0.15, -0.1) is 0 Å². The first-order valence-corrected chi connectivity index (χ1v) is 10.1. The van der Waals surface area contributed by atoms with Crippen LogP contribution in [0.15, 0.2) is 72.8 Å². The number of carbonyl (C=O) groups is 2. The minimum absolute atomic E-state index is 0.212. The topological polar surface area (TPSA) is 97.3 Å². The van der Waals surface area contributed by atoms with Crippen LogP contribution in [0.4, 0.5) is 16.2 Å². The quantitative estimate of drug-likeness (QED) is 0.527. The van der Waals surface area contributed by atoms with Gasteiger partial charge in [0.1, 0.15) is 0 Å². The number of nitriles is 1. The second-order valence-electron chi connectivity index (χ2n) is 7.59. The molecule has 0 radical (unpaired) electrons. The first-order chi connectivity index (χ1) is 15.4. The first-order valence-electron chi connectivity index (χ1n) is 10.1. The summed E-state index contributed by atoms with van der Waals surface area (Å²) in [7, 11) is 3.99. The number of rotatable bonds is 7. The molecule has 162 valence electrons. The van der Waals surface area contributed by atoms with Gasteiger partial charge in [-0.25, -0.2) is 4.79 Å². The van der Waals surface area contributed by atoms with E-state index in [0.717, 1.165) is 23.4 Å². The normalized spacial score (nSPS) is 10.3. The van der Waals surface area contributed by atoms with Crippen LogP contribution in [0.3, 0.4) is 0 Å². The summed E-state index contributed by atoms with van der Waals surface area (Å²) in [4.78, 5) is 26.9. The van der Waals surface area contributed by atoms with Gasteiger partial charge in [0.25, 0.3) is 5.91 Å². The number of hydrogen-bond acceptors (Lipinski definition) is 4. The molecule has 0 spiro atoms. The van der Waals surface area contributed by atoms with E-state index in [1.807, 2.05) is 50.5 Å². The maximum absolute atomic E-state index is 12.7. The number of anilines is 2. The zero-order valence-electron chi connectivity index (χ0n) is 18.1. The van der Waals surface area contributed by atoms with E-state index in [4.69, 9.17) is 5.26 Å². The lowest BCUT2D eigenvalue weighted by atomic mass is 10.1. The number of nitrogens with one attached hydrogen (secondary N) is 3. The Hall–Kier alpha value is -4.15. The van der Waals surface area contributed by atoms with Crippen LogP contribution in [0.25, 0.3) is 0 Å². The van der Waals surface area contributed by atoms with Crippen molar-refractivity contribution in [3.63, 3.8) is 0 Å². The highest BCUT2D eigenvalue weighted by Crippen LogP contribution is 2.14. The van der Waals surface area contributed by atoms with Gasteiger partial charge in [0.05, 0.1) is 11.6 Å². The molecule has 7 nitrogen and oxygen atoms in total. The smallest absolute Gasteiger partial charge is 0.319 e. The summed E-state index contributed by atoms with van der Waals surface area (Å²) in [6, 6.07) is 23.1. The van der Waals surface area contributed by atoms with Crippen LogP contribution in [-0.4, -0.2) is 30.9 Å². The van der Waals surface area contributed by atoms with Crippen molar-refractivity contribution in [1.29, 1.82) is 5.26 Å². The summed E-state index contributed by atoms with van der Waals surface area (Å²) in [6.45, 7) is 1.05. The van der Waals surface area contributed by atoms with Gasteiger partial charge in [0.15, 0.2) is 0 Å². The largest absolute Gasteiger partial charge is 0.334 e. The van der Waals surface area contributed by atoms with Crippen LogP contribution >= 0.6 is 0 Å². The van der Waals surface area contributed by atoms with Crippen LogP contribution in [0, 0.1) is 11.3 Å². The second-order valence-corrected chi connectivity index (χ2v) is 7.59. The van der Waals surface area contributed by atoms with E-state index in [9.17, 15) is 9.59 Å². The van der Waals surface area contributed by atoms with E-state index in [-0.39, 0.29) is 18.5 Å². The summed E-state index contributed by atoms with van der Waals surface area (Å²) in [5.74, 6) is -0.212. The van der Waals surface area contributed by atoms with Crippen molar-refractivity contribution in [3.05, 3.63) is 95.1 Å².